The van der Waals surface area contributed by atoms with Crippen LogP contribution in [0.5, 0.6) is 0 Å². The summed E-state index contributed by atoms with van der Waals surface area (Å²) in [6.07, 6.45) is 1.11. The monoisotopic (exact) mass is 151 g/mol. The number of halogens is 1. The largest absolute Gasteiger partial charge is 1.00 e. The van der Waals surface area contributed by atoms with Gasteiger partial charge in [-0.3, -0.25) is 0 Å². The van der Waals surface area contributed by atoms with Crippen LogP contribution in [-0.4, -0.2) is 20.4 Å². The highest BCUT2D eigenvalue weighted by Gasteiger charge is 2.09. The Kier molecular flexibility index (Phi) is 2.52. The van der Waals surface area contributed by atoms with E-state index in [0.29, 0.717) is 4.91 Å². The Morgan fingerprint density at radius 3 is 2.67 bits per heavy atom. The Balaban J connectivity index is 0.000000640. The van der Waals surface area contributed by atoms with Gasteiger partial charge < -0.3 is 22.5 Å². The van der Waals surface area contributed by atoms with E-state index in [-0.39, 0.29) is 12.4 Å². The Labute approximate surface area is 55.2 Å². The summed E-state index contributed by atoms with van der Waals surface area (Å²) in [5.41, 5.74) is 0. The normalized spacial score (nSPS) is 8.00. The molecule has 0 aliphatic carbocycles. The van der Waals surface area contributed by atoms with Crippen molar-refractivity contribution in [3.05, 3.63) is 16.4 Å². The molecule has 7 nitrogen and oxygen atoms in total. The molecule has 50 valence electrons. The lowest BCUT2D eigenvalue weighted by atomic mass is 11.4. The molecular weight excluding hydrogens is 149 g/mol. The van der Waals surface area contributed by atoms with Gasteiger partial charge in [0.25, 0.3) is 4.91 Å². The number of nitro groups is 1. The molecule has 0 spiro atoms. The number of aromatic amines is 1. The van der Waals surface area contributed by atoms with E-state index in [1.165, 1.54) is 0 Å². The molecule has 1 heterocycles. The number of aromatic nitrogens is 4. The summed E-state index contributed by atoms with van der Waals surface area (Å²) in [5.74, 6) is 0. The van der Waals surface area contributed by atoms with Crippen molar-refractivity contribution in [1.82, 2.24) is 15.4 Å². The number of rotatable bonds is 1. The molecule has 0 atom stereocenters. The molecule has 0 aliphatic rings. The number of nitrogens with zero attached hydrogens (tertiary/aromatic N) is 4. The van der Waals surface area contributed by atoms with Gasteiger partial charge in [0.15, 0.2) is 5.10 Å². The maximum absolute atomic E-state index is 9.70. The van der Waals surface area contributed by atoms with Crippen molar-refractivity contribution >= 4 is 0 Å². The fraction of sp³-hybridized carbons (Fsp3) is 0. The molecule has 0 saturated heterocycles. The Morgan fingerprint density at radius 2 is 2.44 bits per heavy atom. The number of nitrogens with one attached hydrogen (secondary N) is 1. The first-order valence-electron chi connectivity index (χ1n) is 1.74. The zero-order valence-electron chi connectivity index (χ0n) is 4.06. The molecular formula is CH2ClN5O2. The highest BCUT2D eigenvalue weighted by molar-refractivity contribution is 4.18. The Morgan fingerprint density at radius 1 is 1.78 bits per heavy atom. The van der Waals surface area contributed by atoms with Gasteiger partial charge in [0, 0.05) is 0 Å². The Bertz CT molecular complexity index is 183. The molecule has 9 heavy (non-hydrogen) atoms. The topological polar surface area (TPSA) is 88.6 Å². The van der Waals surface area contributed by atoms with Gasteiger partial charge in [-0.15, -0.1) is 0 Å². The number of H-pyrrole nitrogens is 1. The molecule has 0 aromatic carbocycles. The van der Waals surface area contributed by atoms with E-state index in [4.69, 9.17) is 0 Å². The van der Waals surface area contributed by atoms with Crippen molar-refractivity contribution in [3.8, 4) is 0 Å². The fourth-order valence-corrected chi connectivity index (χ4v) is 0.258. The molecule has 0 fully saturated rings. The molecule has 0 aliphatic heterocycles. The lowest BCUT2D eigenvalue weighted by molar-refractivity contribution is -1.25. The maximum atomic E-state index is 9.70. The van der Waals surface area contributed by atoms with Crippen LogP contribution in [0, 0.1) is 10.1 Å². The Hall–Kier alpha value is -1.24. The van der Waals surface area contributed by atoms with Gasteiger partial charge in [-0.1, -0.05) is 5.10 Å². The van der Waals surface area contributed by atoms with E-state index in [1.807, 2.05) is 0 Å². The smallest absolute Gasteiger partial charge is 0.355 e. The van der Waals surface area contributed by atoms with Crippen LogP contribution in [0.15, 0.2) is 6.33 Å². The SMILES string of the molecule is O=[N+]([O-])[n+]1nnc[nH]1.[Cl-]. The molecule has 1 aromatic heterocycles. The average Bonchev–Trinajstić information content (AvgIpc) is 2.12. The van der Waals surface area contributed by atoms with Gasteiger partial charge in [0.1, 0.15) is 5.03 Å². The van der Waals surface area contributed by atoms with E-state index >= 15 is 0 Å². The van der Waals surface area contributed by atoms with Crippen LogP contribution in [0.4, 0.5) is 0 Å². The minimum atomic E-state index is -0.729. The molecule has 0 bridgehead atoms. The van der Waals surface area contributed by atoms with E-state index in [2.05, 4.69) is 15.4 Å². The van der Waals surface area contributed by atoms with E-state index in [1.54, 1.807) is 0 Å². The summed E-state index contributed by atoms with van der Waals surface area (Å²) in [7, 11) is 0. The minimum absolute atomic E-state index is 0. The van der Waals surface area contributed by atoms with Crippen LogP contribution in [0.25, 0.3) is 0 Å². The van der Waals surface area contributed by atoms with Crippen molar-refractivity contribution in [3.63, 3.8) is 0 Å². The van der Waals surface area contributed by atoms with Crippen LogP contribution < -0.4 is 17.3 Å². The summed E-state index contributed by atoms with van der Waals surface area (Å²) < 4.78 is 0. The standard InChI is InChI=1S/CHN5O2.ClH/c7-6(8)5-3-1-2-4-5;/h1H;1H. The number of hydrogen-bond acceptors (Lipinski definition) is 4. The predicted octanol–water partition coefficient (Wildman–Crippen LogP) is -4.86. The zero-order valence-corrected chi connectivity index (χ0v) is 4.82. The average molecular weight is 152 g/mol. The van der Waals surface area contributed by atoms with Crippen molar-refractivity contribution in [1.29, 1.82) is 0 Å². The van der Waals surface area contributed by atoms with Crippen LogP contribution in [-0.2, 0) is 0 Å². The van der Waals surface area contributed by atoms with Crippen molar-refractivity contribution in [2.75, 3.05) is 0 Å². The molecule has 1 N–H and O–H groups in total. The molecule has 1 aromatic rings. The van der Waals surface area contributed by atoms with Gasteiger partial charge in [-0.2, -0.15) is 0 Å². The summed E-state index contributed by atoms with van der Waals surface area (Å²) >= 11 is 0. The lowest BCUT2D eigenvalue weighted by Gasteiger charge is -1.76. The van der Waals surface area contributed by atoms with Gasteiger partial charge in [0.2, 0.25) is 0 Å². The fourth-order valence-electron chi connectivity index (χ4n) is 0.258. The minimum Gasteiger partial charge on any atom is -1.00 e. The maximum Gasteiger partial charge on any atom is 0.355 e. The van der Waals surface area contributed by atoms with Crippen molar-refractivity contribution in [2.24, 2.45) is 0 Å². The lowest BCUT2D eigenvalue weighted by Crippen LogP contribution is -3.00. The molecule has 0 radical (unpaired) electrons. The molecule has 0 amide bonds. The van der Waals surface area contributed by atoms with Gasteiger partial charge in [-0.25, -0.2) is 0 Å². The summed E-state index contributed by atoms with van der Waals surface area (Å²) in [5, 5.41) is 17.3. The molecule has 8 heteroatoms. The van der Waals surface area contributed by atoms with Crippen molar-refractivity contribution < 1.29 is 22.3 Å². The third-order valence-corrected chi connectivity index (χ3v) is 0.522. The second-order valence-electron chi connectivity index (χ2n) is 0.990. The highest BCUT2D eigenvalue weighted by atomic mass is 35.5. The second kappa shape index (κ2) is 2.92. The van der Waals surface area contributed by atoms with E-state index in [9.17, 15) is 10.1 Å². The van der Waals surface area contributed by atoms with Crippen LogP contribution in [0.1, 0.15) is 0 Å². The summed E-state index contributed by atoms with van der Waals surface area (Å²) in [6.45, 7) is 0. The summed E-state index contributed by atoms with van der Waals surface area (Å²) in [6, 6.07) is 0. The van der Waals surface area contributed by atoms with Gasteiger partial charge in [-0.05, 0) is 0 Å². The quantitative estimate of drug-likeness (QED) is 0.248. The van der Waals surface area contributed by atoms with Gasteiger partial charge in [0.05, 0.1) is 0 Å². The van der Waals surface area contributed by atoms with E-state index in [0.717, 1.165) is 6.33 Å². The second-order valence-corrected chi connectivity index (χ2v) is 0.990. The first-order chi connectivity index (χ1) is 3.80. The molecule has 0 unspecified atom stereocenters. The first-order valence-corrected chi connectivity index (χ1v) is 1.74. The predicted molar refractivity (Wildman–Crippen MR) is 19.0 cm³/mol. The van der Waals surface area contributed by atoms with Crippen LogP contribution in [0.2, 0.25) is 0 Å². The molecule has 0 saturated carbocycles. The number of hydrogen-bond donors (Lipinski definition) is 1. The van der Waals surface area contributed by atoms with Crippen LogP contribution >= 0.6 is 0 Å². The highest BCUT2D eigenvalue weighted by Crippen LogP contribution is 1.51. The van der Waals surface area contributed by atoms with Crippen molar-refractivity contribution in [2.45, 2.75) is 0 Å². The van der Waals surface area contributed by atoms with E-state index < -0.39 is 5.03 Å². The summed E-state index contributed by atoms with van der Waals surface area (Å²) in [4.78, 5) is 10.1. The van der Waals surface area contributed by atoms with Crippen LogP contribution in [0.3, 0.4) is 0 Å². The third-order valence-electron chi connectivity index (χ3n) is 0.522. The van der Waals surface area contributed by atoms with Gasteiger partial charge >= 0.3 is 11.5 Å². The number of tetrazole rings is 1. The first kappa shape index (κ1) is 7.76. The molecule has 1 rings (SSSR count). The third kappa shape index (κ3) is 1.61. The zero-order chi connectivity index (χ0) is 5.98.